The van der Waals surface area contributed by atoms with E-state index in [2.05, 4.69) is 19.9 Å². The maximum absolute atomic E-state index is 5.97. The predicted molar refractivity (Wildman–Crippen MR) is 54.2 cm³/mol. The molecule has 0 aromatic carbocycles. The van der Waals surface area contributed by atoms with Crippen LogP contribution in [0.2, 0.25) is 4.34 Å². The highest BCUT2D eigenvalue weighted by Crippen LogP contribution is 2.39. The average Bonchev–Trinajstić information content (AvgIpc) is 2.37. The van der Waals surface area contributed by atoms with Gasteiger partial charge in [0.1, 0.15) is 0 Å². The second kappa shape index (κ2) is 2.47. The van der Waals surface area contributed by atoms with Crippen LogP contribution in [0.1, 0.15) is 10.4 Å². The summed E-state index contributed by atoms with van der Waals surface area (Å²) in [5, 5.41) is 0. The van der Waals surface area contributed by atoms with Crippen LogP contribution in [0, 0.1) is 13.8 Å². The molecule has 0 aliphatic rings. The summed E-state index contributed by atoms with van der Waals surface area (Å²) in [6, 6.07) is 2.20. The fraction of sp³-hybridized carbons (Fsp3) is 0.250. The minimum Gasteiger partial charge on any atom is -0.139 e. The summed E-state index contributed by atoms with van der Waals surface area (Å²) in [5.41, 5.74) is 1.24. The van der Waals surface area contributed by atoms with Crippen LogP contribution in [0.3, 0.4) is 0 Å². The molecule has 0 saturated carbocycles. The van der Waals surface area contributed by atoms with Gasteiger partial charge in [0.05, 0.1) is 4.34 Å². The van der Waals surface area contributed by atoms with Crippen LogP contribution in [0.4, 0.5) is 0 Å². The summed E-state index contributed by atoms with van der Waals surface area (Å²) >= 11 is 9.47. The van der Waals surface area contributed by atoms with Crippen LogP contribution in [0.15, 0.2) is 6.07 Å². The van der Waals surface area contributed by atoms with Crippen LogP contribution in [0.25, 0.3) is 9.40 Å². The summed E-state index contributed by atoms with van der Waals surface area (Å²) in [6.45, 7) is 4.21. The number of fused-ring (bicyclic) bond motifs is 1. The fourth-order valence-corrected chi connectivity index (χ4v) is 3.72. The van der Waals surface area contributed by atoms with Gasteiger partial charge in [-0.25, -0.2) is 0 Å². The summed E-state index contributed by atoms with van der Waals surface area (Å²) in [6.07, 6.45) is 0. The molecule has 11 heavy (non-hydrogen) atoms. The first-order valence-electron chi connectivity index (χ1n) is 3.33. The van der Waals surface area contributed by atoms with Crippen LogP contribution in [-0.4, -0.2) is 0 Å². The smallest absolute Gasteiger partial charge is 0.0978 e. The summed E-state index contributed by atoms with van der Waals surface area (Å²) in [7, 11) is 0. The Bertz CT molecular complexity index is 397. The van der Waals surface area contributed by atoms with E-state index in [1.807, 2.05) is 11.3 Å². The maximum Gasteiger partial charge on any atom is 0.0978 e. The zero-order chi connectivity index (χ0) is 8.01. The van der Waals surface area contributed by atoms with Crippen LogP contribution < -0.4 is 0 Å². The van der Waals surface area contributed by atoms with E-state index in [9.17, 15) is 0 Å². The molecular formula is C8H7ClS2. The van der Waals surface area contributed by atoms with Gasteiger partial charge < -0.3 is 0 Å². The van der Waals surface area contributed by atoms with Crippen molar-refractivity contribution in [2.75, 3.05) is 0 Å². The number of thiophene rings is 2. The zero-order valence-corrected chi connectivity index (χ0v) is 8.66. The van der Waals surface area contributed by atoms with Crippen molar-refractivity contribution in [2.24, 2.45) is 0 Å². The Balaban J connectivity index is 2.88. The molecule has 0 N–H and O–H groups in total. The van der Waals surface area contributed by atoms with Gasteiger partial charge in [0.25, 0.3) is 0 Å². The molecule has 2 heterocycles. The van der Waals surface area contributed by atoms with E-state index in [0.717, 1.165) is 4.34 Å². The van der Waals surface area contributed by atoms with Gasteiger partial charge in [0.2, 0.25) is 0 Å². The largest absolute Gasteiger partial charge is 0.139 e. The van der Waals surface area contributed by atoms with E-state index >= 15 is 0 Å². The Hall–Kier alpha value is -0.0500. The van der Waals surface area contributed by atoms with Gasteiger partial charge in [-0.15, -0.1) is 22.7 Å². The molecule has 3 heteroatoms. The minimum absolute atomic E-state index is 0.936. The SMILES string of the molecule is Cc1cc2sc(Cl)c(C)c2s1. The molecular weight excluding hydrogens is 196 g/mol. The monoisotopic (exact) mass is 202 g/mol. The first-order valence-corrected chi connectivity index (χ1v) is 5.34. The van der Waals surface area contributed by atoms with Gasteiger partial charge in [-0.2, -0.15) is 0 Å². The molecule has 0 aliphatic heterocycles. The molecule has 0 bridgehead atoms. The lowest BCUT2D eigenvalue weighted by atomic mass is 10.3. The molecule has 0 radical (unpaired) electrons. The quantitative estimate of drug-likeness (QED) is 0.600. The van der Waals surface area contributed by atoms with Crippen molar-refractivity contribution in [3.63, 3.8) is 0 Å². The van der Waals surface area contributed by atoms with Gasteiger partial charge in [-0.3, -0.25) is 0 Å². The summed E-state index contributed by atoms with van der Waals surface area (Å²) < 4.78 is 3.62. The van der Waals surface area contributed by atoms with E-state index in [1.165, 1.54) is 19.8 Å². The van der Waals surface area contributed by atoms with Crippen molar-refractivity contribution in [1.82, 2.24) is 0 Å². The van der Waals surface area contributed by atoms with Crippen molar-refractivity contribution in [3.05, 3.63) is 20.8 Å². The number of hydrogen-bond donors (Lipinski definition) is 0. The van der Waals surface area contributed by atoms with E-state index in [0.29, 0.717) is 0 Å². The highest BCUT2D eigenvalue weighted by atomic mass is 35.5. The molecule has 58 valence electrons. The fourth-order valence-electron chi connectivity index (χ4n) is 1.09. The predicted octanol–water partition coefficient (Wildman–Crippen LogP) is 4.23. The van der Waals surface area contributed by atoms with E-state index < -0.39 is 0 Å². The van der Waals surface area contributed by atoms with Gasteiger partial charge in [0.15, 0.2) is 0 Å². The Morgan fingerprint density at radius 1 is 1.27 bits per heavy atom. The second-order valence-electron chi connectivity index (χ2n) is 2.55. The third kappa shape index (κ3) is 1.10. The molecule has 0 amide bonds. The lowest BCUT2D eigenvalue weighted by molar-refractivity contribution is 1.62. The first-order chi connectivity index (χ1) is 5.18. The standard InChI is InChI=1S/C8H7ClS2/c1-4-3-6-7(10-4)5(2)8(9)11-6/h3H,1-2H3. The van der Waals surface area contributed by atoms with Crippen molar-refractivity contribution in [3.8, 4) is 0 Å². The Morgan fingerprint density at radius 2 is 2.00 bits per heavy atom. The van der Waals surface area contributed by atoms with Crippen LogP contribution in [0.5, 0.6) is 0 Å². The lowest BCUT2D eigenvalue weighted by Crippen LogP contribution is -1.58. The Labute approximate surface area is 78.4 Å². The van der Waals surface area contributed by atoms with Crippen LogP contribution >= 0.6 is 34.3 Å². The first kappa shape index (κ1) is 7.59. The number of aryl methyl sites for hydroxylation is 2. The number of rotatable bonds is 0. The van der Waals surface area contributed by atoms with E-state index in [-0.39, 0.29) is 0 Å². The maximum atomic E-state index is 5.97. The van der Waals surface area contributed by atoms with E-state index in [4.69, 9.17) is 11.6 Å². The molecule has 0 spiro atoms. The average molecular weight is 203 g/mol. The van der Waals surface area contributed by atoms with Gasteiger partial charge in [-0.05, 0) is 25.5 Å². The zero-order valence-electron chi connectivity index (χ0n) is 6.27. The van der Waals surface area contributed by atoms with Crippen molar-refractivity contribution in [2.45, 2.75) is 13.8 Å². The molecule has 2 aromatic rings. The lowest BCUT2D eigenvalue weighted by Gasteiger charge is -1.83. The van der Waals surface area contributed by atoms with Crippen LogP contribution in [-0.2, 0) is 0 Å². The topological polar surface area (TPSA) is 0 Å². The highest BCUT2D eigenvalue weighted by molar-refractivity contribution is 7.30. The Morgan fingerprint density at radius 3 is 2.64 bits per heavy atom. The second-order valence-corrected chi connectivity index (χ2v) is 5.46. The van der Waals surface area contributed by atoms with Gasteiger partial charge >= 0.3 is 0 Å². The van der Waals surface area contributed by atoms with Crippen molar-refractivity contribution < 1.29 is 0 Å². The Kier molecular flexibility index (Phi) is 1.71. The summed E-state index contributed by atoms with van der Waals surface area (Å²) in [4.78, 5) is 1.37. The third-order valence-corrected chi connectivity index (χ3v) is 4.50. The molecule has 0 unspecified atom stereocenters. The number of hydrogen-bond acceptors (Lipinski definition) is 2. The summed E-state index contributed by atoms with van der Waals surface area (Å²) in [5.74, 6) is 0. The molecule has 2 rings (SSSR count). The molecule has 0 saturated heterocycles. The number of halogens is 1. The molecule has 0 nitrogen and oxygen atoms in total. The van der Waals surface area contributed by atoms with Gasteiger partial charge in [-0.1, -0.05) is 11.6 Å². The van der Waals surface area contributed by atoms with E-state index in [1.54, 1.807) is 11.3 Å². The minimum atomic E-state index is 0.936. The normalized spacial score (nSPS) is 11.2. The van der Waals surface area contributed by atoms with Crippen molar-refractivity contribution >= 4 is 43.7 Å². The molecule has 0 aliphatic carbocycles. The third-order valence-electron chi connectivity index (χ3n) is 1.66. The van der Waals surface area contributed by atoms with Gasteiger partial charge in [0, 0.05) is 14.3 Å². The molecule has 2 aromatic heterocycles. The molecule has 0 atom stereocenters. The highest BCUT2D eigenvalue weighted by Gasteiger charge is 2.08. The molecule has 0 fully saturated rings. The van der Waals surface area contributed by atoms with Crippen molar-refractivity contribution in [1.29, 1.82) is 0 Å².